The molecule has 1 aromatic rings. The quantitative estimate of drug-likeness (QED) is 0.451. The fourth-order valence-electron chi connectivity index (χ4n) is 1.87. The van der Waals surface area contributed by atoms with Crippen LogP contribution in [0.4, 0.5) is 0 Å². The van der Waals surface area contributed by atoms with Gasteiger partial charge in [-0.2, -0.15) is 0 Å². The number of likely N-dealkylation sites (N-methyl/N-ethyl adjacent to an activating group) is 1. The van der Waals surface area contributed by atoms with Crippen LogP contribution >= 0.6 is 0 Å². The van der Waals surface area contributed by atoms with Crippen LogP contribution < -0.4 is 5.32 Å². The molecule has 0 aromatic heterocycles. The van der Waals surface area contributed by atoms with Gasteiger partial charge in [-0.05, 0) is 13.8 Å². The van der Waals surface area contributed by atoms with Crippen LogP contribution in [0.2, 0.25) is 0 Å². The standard InChI is InChI=1S/C15H22N2O4/c1-5-20-15(21-6-2)12-10-8-7-9-11(12)13(17-19-4)14(18)16-3/h7-10,15H,5-6H2,1-4H3,(H,16,18)/b17-13+. The van der Waals surface area contributed by atoms with Crippen molar-refractivity contribution in [2.45, 2.75) is 20.1 Å². The van der Waals surface area contributed by atoms with Crippen LogP contribution in [0, 0.1) is 0 Å². The van der Waals surface area contributed by atoms with E-state index in [-0.39, 0.29) is 11.6 Å². The van der Waals surface area contributed by atoms with Crippen LogP contribution in [-0.4, -0.2) is 39.0 Å². The predicted molar refractivity (Wildman–Crippen MR) is 80.0 cm³/mol. The first-order valence-electron chi connectivity index (χ1n) is 6.85. The molecule has 116 valence electrons. The van der Waals surface area contributed by atoms with E-state index in [4.69, 9.17) is 14.3 Å². The summed E-state index contributed by atoms with van der Waals surface area (Å²) >= 11 is 0. The van der Waals surface area contributed by atoms with E-state index in [0.717, 1.165) is 5.56 Å². The zero-order valence-corrected chi connectivity index (χ0v) is 12.9. The van der Waals surface area contributed by atoms with Gasteiger partial charge in [0.15, 0.2) is 12.0 Å². The third-order valence-electron chi connectivity index (χ3n) is 2.73. The molecular weight excluding hydrogens is 272 g/mol. The van der Waals surface area contributed by atoms with Crippen LogP contribution in [-0.2, 0) is 19.1 Å². The number of nitrogens with zero attached hydrogens (tertiary/aromatic N) is 1. The Bertz CT molecular complexity index is 482. The van der Waals surface area contributed by atoms with Gasteiger partial charge in [0, 0.05) is 31.4 Å². The summed E-state index contributed by atoms with van der Waals surface area (Å²) in [5.41, 5.74) is 1.53. The molecule has 0 saturated heterocycles. The molecule has 0 saturated carbocycles. The molecule has 1 amide bonds. The summed E-state index contributed by atoms with van der Waals surface area (Å²) in [6.45, 7) is 4.76. The Morgan fingerprint density at radius 2 is 1.86 bits per heavy atom. The van der Waals surface area contributed by atoms with Gasteiger partial charge in [0.05, 0.1) is 0 Å². The minimum absolute atomic E-state index is 0.181. The number of hydrogen-bond acceptors (Lipinski definition) is 5. The van der Waals surface area contributed by atoms with E-state index in [1.54, 1.807) is 13.1 Å². The monoisotopic (exact) mass is 294 g/mol. The first-order valence-corrected chi connectivity index (χ1v) is 6.85. The van der Waals surface area contributed by atoms with Crippen molar-refractivity contribution in [1.82, 2.24) is 5.32 Å². The number of oxime groups is 1. The van der Waals surface area contributed by atoms with Gasteiger partial charge in [0.1, 0.15) is 7.11 Å². The molecule has 0 radical (unpaired) electrons. The highest BCUT2D eigenvalue weighted by atomic mass is 16.7. The van der Waals surface area contributed by atoms with Crippen LogP contribution in [0.5, 0.6) is 0 Å². The van der Waals surface area contributed by atoms with E-state index in [1.807, 2.05) is 32.0 Å². The molecular formula is C15H22N2O4. The predicted octanol–water partition coefficient (Wildman–Crippen LogP) is 1.85. The van der Waals surface area contributed by atoms with Crippen LogP contribution in [0.1, 0.15) is 31.3 Å². The molecule has 21 heavy (non-hydrogen) atoms. The van der Waals surface area contributed by atoms with Crippen LogP contribution in [0.3, 0.4) is 0 Å². The zero-order chi connectivity index (χ0) is 15.7. The van der Waals surface area contributed by atoms with Gasteiger partial charge in [-0.3, -0.25) is 4.79 Å². The Morgan fingerprint density at radius 1 is 1.24 bits per heavy atom. The Balaban J connectivity index is 3.28. The maximum absolute atomic E-state index is 12.0. The highest BCUT2D eigenvalue weighted by molar-refractivity contribution is 6.45. The highest BCUT2D eigenvalue weighted by Crippen LogP contribution is 2.23. The summed E-state index contributed by atoms with van der Waals surface area (Å²) in [4.78, 5) is 16.8. The lowest BCUT2D eigenvalue weighted by molar-refractivity contribution is -0.140. The molecule has 0 aliphatic heterocycles. The van der Waals surface area contributed by atoms with Crippen LogP contribution in [0.25, 0.3) is 0 Å². The lowest BCUT2D eigenvalue weighted by atomic mass is 10.0. The van der Waals surface area contributed by atoms with Gasteiger partial charge < -0.3 is 19.6 Å². The molecule has 0 heterocycles. The van der Waals surface area contributed by atoms with E-state index in [9.17, 15) is 4.79 Å². The molecule has 6 heteroatoms. The second-order valence-corrected chi connectivity index (χ2v) is 4.03. The zero-order valence-electron chi connectivity index (χ0n) is 12.9. The number of benzene rings is 1. The minimum Gasteiger partial charge on any atom is -0.398 e. The summed E-state index contributed by atoms with van der Waals surface area (Å²) in [5, 5.41) is 6.37. The molecule has 1 N–H and O–H groups in total. The lowest BCUT2D eigenvalue weighted by Gasteiger charge is -2.20. The molecule has 0 aliphatic rings. The number of carbonyl (C=O) groups is 1. The van der Waals surface area contributed by atoms with Crippen molar-refractivity contribution >= 4 is 11.6 Å². The largest absolute Gasteiger partial charge is 0.398 e. The van der Waals surface area contributed by atoms with Crippen molar-refractivity contribution in [3.05, 3.63) is 35.4 Å². The van der Waals surface area contributed by atoms with Gasteiger partial charge in [0.2, 0.25) is 0 Å². The van der Waals surface area contributed by atoms with Crippen LogP contribution in [0.15, 0.2) is 29.4 Å². The van der Waals surface area contributed by atoms with Crippen molar-refractivity contribution in [3.63, 3.8) is 0 Å². The number of nitrogens with one attached hydrogen (secondary N) is 1. The Kier molecular flexibility index (Phi) is 7.42. The molecule has 6 nitrogen and oxygen atoms in total. The number of amides is 1. The molecule has 0 spiro atoms. The Labute approximate surface area is 125 Å². The molecule has 1 aromatic carbocycles. The second kappa shape index (κ2) is 9.10. The lowest BCUT2D eigenvalue weighted by Crippen LogP contribution is -2.30. The average Bonchev–Trinajstić information content (AvgIpc) is 2.52. The van der Waals surface area contributed by atoms with Gasteiger partial charge >= 0.3 is 0 Å². The van der Waals surface area contributed by atoms with E-state index in [2.05, 4.69) is 10.5 Å². The maximum atomic E-state index is 12.0. The minimum atomic E-state index is -0.553. The Morgan fingerprint density at radius 3 is 2.38 bits per heavy atom. The highest BCUT2D eigenvalue weighted by Gasteiger charge is 2.22. The van der Waals surface area contributed by atoms with E-state index in [1.165, 1.54) is 7.11 Å². The van der Waals surface area contributed by atoms with Gasteiger partial charge in [-0.1, -0.05) is 29.4 Å². The molecule has 0 aliphatic carbocycles. The molecule has 0 fully saturated rings. The van der Waals surface area contributed by atoms with Crippen molar-refractivity contribution < 1.29 is 19.1 Å². The van der Waals surface area contributed by atoms with E-state index in [0.29, 0.717) is 18.8 Å². The number of ether oxygens (including phenoxy) is 2. The summed E-state index contributed by atoms with van der Waals surface area (Å²) in [7, 11) is 2.94. The first kappa shape index (κ1) is 17.1. The van der Waals surface area contributed by atoms with Crippen molar-refractivity contribution in [3.8, 4) is 0 Å². The first-order chi connectivity index (χ1) is 10.2. The van der Waals surface area contributed by atoms with E-state index >= 15 is 0 Å². The summed E-state index contributed by atoms with van der Waals surface area (Å²) < 4.78 is 11.2. The third-order valence-corrected chi connectivity index (χ3v) is 2.73. The van der Waals surface area contributed by atoms with Gasteiger partial charge in [-0.25, -0.2) is 0 Å². The average molecular weight is 294 g/mol. The maximum Gasteiger partial charge on any atom is 0.273 e. The topological polar surface area (TPSA) is 69.1 Å². The van der Waals surface area contributed by atoms with Gasteiger partial charge in [0.25, 0.3) is 5.91 Å². The Hall–Kier alpha value is -1.92. The second-order valence-electron chi connectivity index (χ2n) is 4.03. The molecule has 0 atom stereocenters. The summed E-state index contributed by atoms with van der Waals surface area (Å²) in [6, 6.07) is 7.31. The normalized spacial score (nSPS) is 11.6. The molecule has 0 unspecified atom stereocenters. The van der Waals surface area contributed by atoms with E-state index < -0.39 is 6.29 Å². The SMILES string of the molecule is CCOC(OCC)c1ccccc1/C(=N\OC)C(=O)NC. The molecule has 0 bridgehead atoms. The number of hydrogen-bond donors (Lipinski definition) is 1. The summed E-state index contributed by atoms with van der Waals surface area (Å²) in [6.07, 6.45) is -0.553. The smallest absolute Gasteiger partial charge is 0.273 e. The van der Waals surface area contributed by atoms with Crippen molar-refractivity contribution in [2.75, 3.05) is 27.4 Å². The van der Waals surface area contributed by atoms with Crippen molar-refractivity contribution in [2.24, 2.45) is 5.16 Å². The summed E-state index contributed by atoms with van der Waals surface area (Å²) in [5.74, 6) is -0.337. The third kappa shape index (κ3) is 4.54. The van der Waals surface area contributed by atoms with Crippen molar-refractivity contribution in [1.29, 1.82) is 0 Å². The fourth-order valence-corrected chi connectivity index (χ4v) is 1.87. The fraction of sp³-hybridized carbons (Fsp3) is 0.467. The number of rotatable bonds is 8. The number of carbonyl (C=O) groups excluding carboxylic acids is 1. The molecule has 1 rings (SSSR count). The van der Waals surface area contributed by atoms with Gasteiger partial charge in [-0.15, -0.1) is 0 Å².